The van der Waals surface area contributed by atoms with Crippen LogP contribution >= 0.6 is 34.5 Å². The smallest absolute Gasteiger partial charge is 0.355 e. The molecule has 2 aromatic rings. The van der Waals surface area contributed by atoms with Crippen LogP contribution in [0.3, 0.4) is 0 Å². The highest BCUT2D eigenvalue weighted by Gasteiger charge is 2.10. The van der Waals surface area contributed by atoms with E-state index in [0.717, 1.165) is 5.56 Å². The van der Waals surface area contributed by atoms with Crippen LogP contribution in [0.2, 0.25) is 10.0 Å². The molecule has 3 nitrogen and oxygen atoms in total. The molecule has 0 saturated heterocycles. The Bertz CT molecular complexity index is 568. The maximum atomic E-state index is 10.7. The molecule has 0 aliphatic rings. The van der Waals surface area contributed by atoms with Crippen LogP contribution in [-0.4, -0.2) is 16.1 Å². The first-order chi connectivity index (χ1) is 8.06. The molecule has 1 N–H and O–H groups in total. The van der Waals surface area contributed by atoms with Gasteiger partial charge in [-0.1, -0.05) is 29.3 Å². The Morgan fingerprint density at radius 1 is 1.41 bits per heavy atom. The van der Waals surface area contributed by atoms with Gasteiger partial charge in [0, 0.05) is 21.8 Å². The molecule has 1 aromatic carbocycles. The summed E-state index contributed by atoms with van der Waals surface area (Å²) in [5.41, 5.74) is 0.942. The number of thiazole rings is 1. The van der Waals surface area contributed by atoms with E-state index in [1.807, 2.05) is 6.07 Å². The predicted molar refractivity (Wildman–Crippen MR) is 68.3 cm³/mol. The summed E-state index contributed by atoms with van der Waals surface area (Å²) < 4.78 is 0. The lowest BCUT2D eigenvalue weighted by Crippen LogP contribution is -1.97. The normalized spacial score (nSPS) is 10.5. The van der Waals surface area contributed by atoms with Gasteiger partial charge < -0.3 is 5.11 Å². The number of halogens is 2. The third-order valence-corrected chi connectivity index (χ3v) is 3.56. The largest absolute Gasteiger partial charge is 0.476 e. The first-order valence-corrected chi connectivity index (χ1v) is 6.31. The number of rotatable bonds is 3. The third kappa shape index (κ3) is 2.97. The highest BCUT2D eigenvalue weighted by atomic mass is 35.5. The fraction of sp³-hybridized carbons (Fsp3) is 0.0909. The molecule has 0 radical (unpaired) electrons. The molecule has 0 fully saturated rings. The molecular weight excluding hydrogens is 281 g/mol. The molecule has 0 aliphatic carbocycles. The van der Waals surface area contributed by atoms with Crippen molar-refractivity contribution in [3.05, 3.63) is 49.9 Å². The second-order valence-corrected chi connectivity index (χ2v) is 5.13. The van der Waals surface area contributed by atoms with Crippen molar-refractivity contribution in [2.75, 3.05) is 0 Å². The molecular formula is C11H7Cl2NO2S. The van der Waals surface area contributed by atoms with Crippen LogP contribution in [0.1, 0.15) is 21.1 Å². The Hall–Kier alpha value is -1.10. The molecule has 0 atom stereocenters. The van der Waals surface area contributed by atoms with E-state index in [-0.39, 0.29) is 5.69 Å². The van der Waals surface area contributed by atoms with Crippen molar-refractivity contribution < 1.29 is 9.90 Å². The standard InChI is InChI=1S/C11H7Cl2NO2S/c12-7-2-1-6(8(13)4-7)3-10-14-9(5-17-10)11(15)16/h1-2,4-5H,3H2,(H,15,16). The Balaban J connectivity index is 2.22. The zero-order valence-corrected chi connectivity index (χ0v) is 10.8. The van der Waals surface area contributed by atoms with E-state index in [0.29, 0.717) is 21.5 Å². The fourth-order valence-electron chi connectivity index (χ4n) is 1.32. The van der Waals surface area contributed by atoms with Crippen molar-refractivity contribution in [2.24, 2.45) is 0 Å². The fourth-order valence-corrected chi connectivity index (χ4v) is 2.58. The van der Waals surface area contributed by atoms with Crippen LogP contribution in [0.5, 0.6) is 0 Å². The molecule has 2 rings (SSSR count). The molecule has 0 saturated carbocycles. The number of aromatic nitrogens is 1. The third-order valence-electron chi connectivity index (χ3n) is 2.13. The Labute approximate surface area is 112 Å². The van der Waals surface area contributed by atoms with E-state index in [4.69, 9.17) is 28.3 Å². The minimum Gasteiger partial charge on any atom is -0.476 e. The van der Waals surface area contributed by atoms with Crippen molar-refractivity contribution in [1.29, 1.82) is 0 Å². The van der Waals surface area contributed by atoms with E-state index in [9.17, 15) is 4.79 Å². The molecule has 0 unspecified atom stereocenters. The Morgan fingerprint density at radius 3 is 2.76 bits per heavy atom. The van der Waals surface area contributed by atoms with Crippen LogP contribution < -0.4 is 0 Å². The number of hydrogen-bond donors (Lipinski definition) is 1. The molecule has 6 heteroatoms. The first-order valence-electron chi connectivity index (χ1n) is 4.68. The van der Waals surface area contributed by atoms with Gasteiger partial charge in [0.2, 0.25) is 0 Å². The number of carboxylic acid groups (broad SMARTS) is 1. The average molecular weight is 288 g/mol. The summed E-state index contributed by atoms with van der Waals surface area (Å²) in [5.74, 6) is -1.02. The quantitative estimate of drug-likeness (QED) is 0.936. The Kier molecular flexibility index (Phi) is 3.66. The zero-order valence-electron chi connectivity index (χ0n) is 8.48. The van der Waals surface area contributed by atoms with Crippen LogP contribution in [0.25, 0.3) is 0 Å². The molecule has 0 amide bonds. The molecule has 1 heterocycles. The second-order valence-electron chi connectivity index (χ2n) is 3.34. The Morgan fingerprint density at radius 2 is 2.18 bits per heavy atom. The summed E-state index contributed by atoms with van der Waals surface area (Å²) in [5, 5.41) is 12.1. The molecule has 88 valence electrons. The maximum Gasteiger partial charge on any atom is 0.355 e. The minimum atomic E-state index is -1.02. The topological polar surface area (TPSA) is 50.2 Å². The molecule has 1 aromatic heterocycles. The SMILES string of the molecule is O=C(O)c1csc(Cc2ccc(Cl)cc2Cl)n1. The molecule has 17 heavy (non-hydrogen) atoms. The predicted octanol–water partition coefficient (Wildman–Crippen LogP) is 3.74. The number of carbonyl (C=O) groups is 1. The lowest BCUT2D eigenvalue weighted by molar-refractivity contribution is 0.0691. The minimum absolute atomic E-state index is 0.0649. The summed E-state index contributed by atoms with van der Waals surface area (Å²) in [6.07, 6.45) is 0.508. The lowest BCUT2D eigenvalue weighted by atomic mass is 10.1. The summed E-state index contributed by atoms with van der Waals surface area (Å²) in [6.45, 7) is 0. The van der Waals surface area contributed by atoms with Gasteiger partial charge in [-0.05, 0) is 17.7 Å². The average Bonchev–Trinajstić information content (AvgIpc) is 2.71. The van der Waals surface area contributed by atoms with Crippen LogP contribution in [-0.2, 0) is 6.42 Å². The van der Waals surface area contributed by atoms with Gasteiger partial charge in [-0.25, -0.2) is 9.78 Å². The first kappa shape index (κ1) is 12.4. The van der Waals surface area contributed by atoms with Gasteiger partial charge in [0.1, 0.15) is 0 Å². The van der Waals surface area contributed by atoms with Crippen molar-refractivity contribution in [1.82, 2.24) is 4.98 Å². The summed E-state index contributed by atoms with van der Waals surface area (Å²) in [4.78, 5) is 14.7. The maximum absolute atomic E-state index is 10.7. The van der Waals surface area contributed by atoms with Gasteiger partial charge in [0.05, 0.1) is 5.01 Å². The van der Waals surface area contributed by atoms with E-state index in [1.165, 1.54) is 16.7 Å². The van der Waals surface area contributed by atoms with Crippen molar-refractivity contribution in [3.8, 4) is 0 Å². The zero-order chi connectivity index (χ0) is 12.4. The summed E-state index contributed by atoms with van der Waals surface area (Å²) in [6, 6.07) is 5.21. The van der Waals surface area contributed by atoms with E-state index < -0.39 is 5.97 Å². The van der Waals surface area contributed by atoms with Crippen molar-refractivity contribution in [3.63, 3.8) is 0 Å². The molecule has 0 bridgehead atoms. The van der Waals surface area contributed by atoms with Crippen molar-refractivity contribution in [2.45, 2.75) is 6.42 Å². The van der Waals surface area contributed by atoms with Gasteiger partial charge in [-0.15, -0.1) is 11.3 Å². The van der Waals surface area contributed by atoms with Crippen molar-refractivity contribution >= 4 is 40.5 Å². The molecule has 0 aliphatic heterocycles. The van der Waals surface area contributed by atoms with Crippen LogP contribution in [0.4, 0.5) is 0 Å². The second kappa shape index (κ2) is 5.04. The molecule has 0 spiro atoms. The van der Waals surface area contributed by atoms with Gasteiger partial charge in [-0.2, -0.15) is 0 Å². The van der Waals surface area contributed by atoms with Gasteiger partial charge in [0.15, 0.2) is 5.69 Å². The summed E-state index contributed by atoms with van der Waals surface area (Å²) in [7, 11) is 0. The van der Waals surface area contributed by atoms with E-state index in [1.54, 1.807) is 12.1 Å². The number of nitrogens with zero attached hydrogens (tertiary/aromatic N) is 1. The van der Waals surface area contributed by atoms with Gasteiger partial charge in [0.25, 0.3) is 0 Å². The lowest BCUT2D eigenvalue weighted by Gasteiger charge is -2.01. The monoisotopic (exact) mass is 287 g/mol. The van der Waals surface area contributed by atoms with Gasteiger partial charge in [-0.3, -0.25) is 0 Å². The van der Waals surface area contributed by atoms with Crippen LogP contribution in [0.15, 0.2) is 23.6 Å². The summed E-state index contributed by atoms with van der Waals surface area (Å²) >= 11 is 13.1. The number of hydrogen-bond acceptors (Lipinski definition) is 3. The number of carboxylic acids is 1. The van der Waals surface area contributed by atoms with E-state index >= 15 is 0 Å². The van der Waals surface area contributed by atoms with E-state index in [2.05, 4.69) is 4.98 Å². The van der Waals surface area contributed by atoms with Crippen LogP contribution in [0, 0.1) is 0 Å². The highest BCUT2D eigenvalue weighted by Crippen LogP contribution is 2.24. The number of aromatic carboxylic acids is 1. The number of benzene rings is 1. The van der Waals surface area contributed by atoms with Gasteiger partial charge >= 0.3 is 5.97 Å². The highest BCUT2D eigenvalue weighted by molar-refractivity contribution is 7.09.